The molecule has 3 unspecified atom stereocenters. The number of piperidine rings is 1. The van der Waals surface area contributed by atoms with Gasteiger partial charge in [-0.15, -0.1) is 0 Å². The van der Waals surface area contributed by atoms with E-state index in [0.29, 0.717) is 37.9 Å². The molecule has 2 bridgehead atoms. The molecule has 2 N–H and O–H groups in total. The maximum Gasteiger partial charge on any atom is 0.252 e. The molecule has 0 aromatic heterocycles. The Morgan fingerprint density at radius 3 is 2.69 bits per heavy atom. The second kappa shape index (κ2) is 7.43. The van der Waals surface area contributed by atoms with Crippen LogP contribution in [0.15, 0.2) is 18.2 Å². The minimum atomic E-state index is -1.18. The quantitative estimate of drug-likeness (QED) is 0.785. The van der Waals surface area contributed by atoms with Crippen LogP contribution in [0.3, 0.4) is 0 Å². The van der Waals surface area contributed by atoms with Crippen molar-refractivity contribution >= 4 is 11.8 Å². The number of aliphatic hydroxyl groups excluding tert-OH is 2. The van der Waals surface area contributed by atoms with E-state index >= 15 is 0 Å². The second-order valence-electron chi connectivity index (χ2n) is 8.85. The Morgan fingerprint density at radius 2 is 2.00 bits per heavy atom. The second-order valence-corrected chi connectivity index (χ2v) is 8.85. The van der Waals surface area contributed by atoms with E-state index in [9.17, 15) is 19.8 Å². The van der Waals surface area contributed by atoms with E-state index in [4.69, 9.17) is 5.26 Å². The molecule has 2 aliphatic heterocycles. The van der Waals surface area contributed by atoms with E-state index in [2.05, 4.69) is 6.07 Å². The molecule has 2 fully saturated rings. The van der Waals surface area contributed by atoms with Crippen LogP contribution >= 0.6 is 0 Å². The van der Waals surface area contributed by atoms with Crippen LogP contribution in [0.1, 0.15) is 43.4 Å². The molecular weight excluding hydrogens is 370 g/mol. The first kappa shape index (κ1) is 19.9. The molecule has 1 aliphatic carbocycles. The fraction of sp³-hybridized carbons (Fsp3) is 0.591. The van der Waals surface area contributed by atoms with E-state index in [1.165, 1.54) is 4.90 Å². The zero-order chi connectivity index (χ0) is 20.9. The molecule has 1 saturated heterocycles. The molecule has 2 amide bonds. The first-order valence-corrected chi connectivity index (χ1v) is 10.3. The van der Waals surface area contributed by atoms with E-state index in [1.807, 2.05) is 12.1 Å². The van der Waals surface area contributed by atoms with Gasteiger partial charge in [-0.1, -0.05) is 19.9 Å². The molecule has 2 heterocycles. The van der Waals surface area contributed by atoms with Crippen LogP contribution in [-0.4, -0.2) is 62.7 Å². The minimum Gasteiger partial charge on any atom is -0.391 e. The zero-order valence-electron chi connectivity index (χ0n) is 16.8. The summed E-state index contributed by atoms with van der Waals surface area (Å²) < 4.78 is 0. The van der Waals surface area contributed by atoms with Gasteiger partial charge in [0.2, 0.25) is 5.91 Å². The Bertz CT molecular complexity index is 877. The average Bonchev–Trinajstić information content (AvgIpc) is 3.28. The first-order valence-electron chi connectivity index (χ1n) is 10.3. The molecule has 4 rings (SSSR count). The Labute approximate surface area is 170 Å². The van der Waals surface area contributed by atoms with Crippen LogP contribution in [0.25, 0.3) is 0 Å². The third-order valence-electron chi connectivity index (χ3n) is 6.69. The summed E-state index contributed by atoms with van der Waals surface area (Å²) >= 11 is 0. The van der Waals surface area contributed by atoms with Gasteiger partial charge in [0, 0.05) is 13.1 Å². The highest BCUT2D eigenvalue weighted by molar-refractivity contribution is 5.91. The highest BCUT2D eigenvalue weighted by Crippen LogP contribution is 2.44. The molecule has 3 aliphatic rings. The van der Waals surface area contributed by atoms with Gasteiger partial charge in [-0.25, -0.2) is 0 Å². The minimum absolute atomic E-state index is 0.0855. The number of nitriles is 1. The van der Waals surface area contributed by atoms with Crippen molar-refractivity contribution in [1.29, 1.82) is 5.26 Å². The molecule has 7 heteroatoms. The fourth-order valence-electron chi connectivity index (χ4n) is 5.08. The molecule has 154 valence electrons. The maximum atomic E-state index is 13.5. The third kappa shape index (κ3) is 3.30. The van der Waals surface area contributed by atoms with Crippen LogP contribution in [0, 0.1) is 23.2 Å². The Hall–Kier alpha value is -2.43. The van der Waals surface area contributed by atoms with E-state index in [1.54, 1.807) is 24.8 Å². The predicted molar refractivity (Wildman–Crippen MR) is 104 cm³/mol. The lowest BCUT2D eigenvalue weighted by Gasteiger charge is -2.41. The number of hydrogen-bond donors (Lipinski definition) is 2. The van der Waals surface area contributed by atoms with E-state index in [0.717, 1.165) is 11.1 Å². The topological polar surface area (TPSA) is 105 Å². The summed E-state index contributed by atoms with van der Waals surface area (Å²) in [5, 5.41) is 29.8. The molecule has 0 spiro atoms. The number of hydrogen-bond acceptors (Lipinski definition) is 5. The highest BCUT2D eigenvalue weighted by Gasteiger charge is 2.57. The number of rotatable bonds is 3. The largest absolute Gasteiger partial charge is 0.391 e. The van der Waals surface area contributed by atoms with Crippen LogP contribution in [-0.2, 0) is 22.6 Å². The van der Waals surface area contributed by atoms with E-state index in [-0.39, 0.29) is 17.7 Å². The summed E-state index contributed by atoms with van der Waals surface area (Å²) in [5.74, 6) is -0.936. The number of likely N-dealkylation sites (tertiary alicyclic amines) is 1. The Kier molecular flexibility index (Phi) is 5.09. The number of carbonyl (C=O) groups is 2. The summed E-state index contributed by atoms with van der Waals surface area (Å²) in [6.45, 7) is 4.49. The summed E-state index contributed by atoms with van der Waals surface area (Å²) in [7, 11) is 0. The van der Waals surface area contributed by atoms with Gasteiger partial charge in [-0.3, -0.25) is 9.59 Å². The average molecular weight is 397 g/mol. The van der Waals surface area contributed by atoms with Crippen molar-refractivity contribution in [1.82, 2.24) is 9.80 Å². The fourth-order valence-corrected chi connectivity index (χ4v) is 5.08. The first-order chi connectivity index (χ1) is 13.8. The number of benzene rings is 1. The van der Waals surface area contributed by atoms with Gasteiger partial charge in [0.15, 0.2) is 0 Å². The van der Waals surface area contributed by atoms with Crippen molar-refractivity contribution in [2.24, 2.45) is 11.8 Å². The van der Waals surface area contributed by atoms with Crippen molar-refractivity contribution in [3.63, 3.8) is 0 Å². The summed E-state index contributed by atoms with van der Waals surface area (Å²) in [6, 6.07) is 6.66. The van der Waals surface area contributed by atoms with Crippen molar-refractivity contribution < 1.29 is 19.8 Å². The van der Waals surface area contributed by atoms with Crippen molar-refractivity contribution in [3.05, 3.63) is 34.9 Å². The van der Waals surface area contributed by atoms with Crippen LogP contribution in [0.5, 0.6) is 0 Å². The zero-order valence-corrected chi connectivity index (χ0v) is 16.8. The van der Waals surface area contributed by atoms with Gasteiger partial charge < -0.3 is 20.0 Å². The molecule has 1 saturated carbocycles. The standard InChI is InChI=1S/C22H27N3O4/c1-12(2)20(27)22(29)25-17-8-15(9-18(17)26)19(25)21(28)24-6-5-14-4-3-13(10-23)7-16(14)11-24/h3-4,7,12,15,17-20,26-27H,5-6,8-9,11H2,1-2H3/t15?,17?,18-,19+,20?/m0/s1. The molecule has 29 heavy (non-hydrogen) atoms. The highest BCUT2D eigenvalue weighted by atomic mass is 16.3. The van der Waals surface area contributed by atoms with Crippen LogP contribution in [0.4, 0.5) is 0 Å². The number of aliphatic hydroxyl groups is 2. The predicted octanol–water partition coefficient (Wildman–Crippen LogP) is 0.810. The molecule has 7 nitrogen and oxygen atoms in total. The Balaban J connectivity index is 1.58. The number of fused-ring (bicyclic) bond motifs is 3. The lowest BCUT2D eigenvalue weighted by atomic mass is 9.92. The van der Waals surface area contributed by atoms with Gasteiger partial charge in [-0.05, 0) is 54.4 Å². The molecular formula is C22H27N3O4. The summed E-state index contributed by atoms with van der Waals surface area (Å²) in [5.41, 5.74) is 2.67. The van der Waals surface area contributed by atoms with Crippen LogP contribution < -0.4 is 0 Å². The van der Waals surface area contributed by atoms with Gasteiger partial charge in [0.05, 0.1) is 23.8 Å². The molecule has 5 atom stereocenters. The third-order valence-corrected chi connectivity index (χ3v) is 6.69. The maximum absolute atomic E-state index is 13.5. The van der Waals surface area contributed by atoms with Crippen molar-refractivity contribution in [2.45, 2.75) is 63.9 Å². The van der Waals surface area contributed by atoms with Crippen LogP contribution in [0.2, 0.25) is 0 Å². The molecule has 1 aromatic rings. The normalized spacial score (nSPS) is 29.0. The monoisotopic (exact) mass is 397 g/mol. The van der Waals surface area contributed by atoms with Gasteiger partial charge in [-0.2, -0.15) is 5.26 Å². The molecule has 0 radical (unpaired) electrons. The van der Waals surface area contributed by atoms with E-state index < -0.39 is 30.2 Å². The summed E-state index contributed by atoms with van der Waals surface area (Å²) in [6.07, 6.45) is -0.0218. The van der Waals surface area contributed by atoms with Crippen molar-refractivity contribution in [3.8, 4) is 6.07 Å². The SMILES string of the molecule is CC(C)C(O)C(=O)N1C2CC(C[C@@H]2O)[C@@H]1C(=O)N1CCc2ccc(C#N)cc2C1. The number of amides is 2. The Morgan fingerprint density at radius 1 is 1.24 bits per heavy atom. The van der Waals surface area contributed by atoms with Gasteiger partial charge >= 0.3 is 0 Å². The van der Waals surface area contributed by atoms with Gasteiger partial charge in [0.25, 0.3) is 5.91 Å². The lowest BCUT2D eigenvalue weighted by molar-refractivity contribution is -0.158. The number of carbonyl (C=O) groups excluding carboxylic acids is 2. The summed E-state index contributed by atoms with van der Waals surface area (Å²) in [4.78, 5) is 29.7. The van der Waals surface area contributed by atoms with Crippen molar-refractivity contribution in [2.75, 3.05) is 6.54 Å². The number of nitrogens with zero attached hydrogens (tertiary/aromatic N) is 3. The van der Waals surface area contributed by atoms with Gasteiger partial charge in [0.1, 0.15) is 12.1 Å². The lowest BCUT2D eigenvalue weighted by Crippen LogP contribution is -2.59. The smallest absolute Gasteiger partial charge is 0.252 e. The molecule has 1 aromatic carbocycles.